The number of hydrogen-bond acceptors (Lipinski definition) is 4. The average molecular weight is 353 g/mol. The van der Waals surface area contributed by atoms with Gasteiger partial charge in [0.2, 0.25) is 0 Å². The predicted molar refractivity (Wildman–Crippen MR) is 88.3 cm³/mol. The van der Waals surface area contributed by atoms with Crippen molar-refractivity contribution in [3.8, 4) is 5.75 Å². The van der Waals surface area contributed by atoms with Gasteiger partial charge in [-0.1, -0.05) is 11.6 Å². The van der Waals surface area contributed by atoms with Crippen LogP contribution in [-0.2, 0) is 4.74 Å². The molecule has 2 N–H and O–H groups in total. The summed E-state index contributed by atoms with van der Waals surface area (Å²) in [6.45, 7) is 0. The lowest BCUT2D eigenvalue weighted by Gasteiger charge is -2.16. The van der Waals surface area contributed by atoms with Crippen LogP contribution in [0.25, 0.3) is 0 Å². The van der Waals surface area contributed by atoms with Gasteiger partial charge in [0.15, 0.2) is 0 Å². The minimum absolute atomic E-state index is 0.254. The van der Waals surface area contributed by atoms with E-state index in [1.54, 1.807) is 24.3 Å². The molecule has 0 radical (unpaired) electrons. The molecule has 126 valence electrons. The molecular formula is C16H14ClFN2O4. The molecule has 0 fully saturated rings. The molecule has 8 heteroatoms. The first-order valence-corrected chi connectivity index (χ1v) is 7.12. The highest BCUT2D eigenvalue weighted by Gasteiger charge is 2.16. The third kappa shape index (κ3) is 3.75. The van der Waals surface area contributed by atoms with Crippen LogP contribution in [-0.4, -0.2) is 31.3 Å². The molecular weight excluding hydrogens is 339 g/mol. The third-order valence-electron chi connectivity index (χ3n) is 3.23. The number of aromatic hydroxyl groups is 1. The number of anilines is 2. The maximum atomic E-state index is 13.3. The second-order valence-electron chi connectivity index (χ2n) is 4.81. The molecule has 2 amide bonds. The Kier molecular flexibility index (Phi) is 5.25. The van der Waals surface area contributed by atoms with E-state index in [-0.39, 0.29) is 10.6 Å². The number of benzene rings is 2. The van der Waals surface area contributed by atoms with Gasteiger partial charge >= 0.3 is 6.09 Å². The van der Waals surface area contributed by atoms with Crippen molar-refractivity contribution >= 4 is 35.0 Å². The number of nitrogens with zero attached hydrogens (tertiary/aromatic N) is 1. The standard InChI is InChI=1S/C16H14ClFN2O4/c1-20(16(23)24-2)11-5-3-10(4-6-11)19-15(22)12-7-9(18)8-13(17)14(12)21/h3-8,21H,1-2H3,(H,19,22). The minimum atomic E-state index is -0.738. The highest BCUT2D eigenvalue weighted by Crippen LogP contribution is 2.29. The largest absolute Gasteiger partial charge is 0.506 e. The van der Waals surface area contributed by atoms with Crippen LogP contribution in [0.15, 0.2) is 36.4 Å². The summed E-state index contributed by atoms with van der Waals surface area (Å²) in [6, 6.07) is 8.06. The first kappa shape index (κ1) is 17.6. The Labute approximate surface area is 142 Å². The molecule has 0 aromatic heterocycles. The molecule has 2 aromatic rings. The molecule has 0 atom stereocenters. The zero-order valence-corrected chi connectivity index (χ0v) is 13.6. The van der Waals surface area contributed by atoms with E-state index in [4.69, 9.17) is 11.6 Å². The van der Waals surface area contributed by atoms with E-state index in [1.807, 2.05) is 0 Å². The van der Waals surface area contributed by atoms with Crippen LogP contribution in [0.5, 0.6) is 5.75 Å². The summed E-state index contributed by atoms with van der Waals surface area (Å²) in [6.07, 6.45) is -0.536. The fourth-order valence-electron chi connectivity index (χ4n) is 1.95. The summed E-state index contributed by atoms with van der Waals surface area (Å²) in [5.41, 5.74) is 0.661. The van der Waals surface area contributed by atoms with Gasteiger partial charge in [-0.25, -0.2) is 9.18 Å². The number of carbonyl (C=O) groups excluding carboxylic acids is 2. The maximum absolute atomic E-state index is 13.3. The number of halogens is 2. The lowest BCUT2D eigenvalue weighted by Crippen LogP contribution is -2.25. The van der Waals surface area contributed by atoms with Crippen molar-refractivity contribution in [2.45, 2.75) is 0 Å². The second kappa shape index (κ2) is 7.18. The molecule has 0 aliphatic heterocycles. The Balaban J connectivity index is 2.17. The number of phenols is 1. The number of phenolic OH excluding ortho intramolecular Hbond substituents is 1. The summed E-state index contributed by atoms with van der Waals surface area (Å²) in [7, 11) is 2.80. The molecule has 0 bridgehead atoms. The van der Waals surface area contributed by atoms with Crippen LogP contribution in [0.3, 0.4) is 0 Å². The monoisotopic (exact) mass is 352 g/mol. The first-order valence-electron chi connectivity index (χ1n) is 6.74. The summed E-state index contributed by atoms with van der Waals surface area (Å²) in [4.78, 5) is 24.8. The summed E-state index contributed by atoms with van der Waals surface area (Å²) >= 11 is 5.65. The number of methoxy groups -OCH3 is 1. The van der Waals surface area contributed by atoms with Crippen LogP contribution in [0.4, 0.5) is 20.6 Å². The second-order valence-corrected chi connectivity index (χ2v) is 5.22. The molecule has 0 saturated carbocycles. The van der Waals surface area contributed by atoms with Crippen molar-refractivity contribution in [3.05, 3.63) is 52.8 Å². The van der Waals surface area contributed by atoms with Crippen LogP contribution in [0.2, 0.25) is 5.02 Å². The smallest absolute Gasteiger partial charge is 0.413 e. The molecule has 2 rings (SSSR count). The van der Waals surface area contributed by atoms with Crippen molar-refractivity contribution < 1.29 is 23.8 Å². The molecule has 0 heterocycles. The van der Waals surface area contributed by atoms with Crippen molar-refractivity contribution in [3.63, 3.8) is 0 Å². The van der Waals surface area contributed by atoms with Gasteiger partial charge in [-0.15, -0.1) is 0 Å². The quantitative estimate of drug-likeness (QED) is 0.884. The van der Waals surface area contributed by atoms with Gasteiger partial charge in [0, 0.05) is 18.4 Å². The van der Waals surface area contributed by atoms with Crippen LogP contribution in [0, 0.1) is 5.82 Å². The molecule has 0 saturated heterocycles. The Morgan fingerprint density at radius 2 is 1.88 bits per heavy atom. The van der Waals surface area contributed by atoms with Gasteiger partial charge < -0.3 is 15.2 Å². The number of nitrogens with one attached hydrogen (secondary N) is 1. The maximum Gasteiger partial charge on any atom is 0.413 e. The molecule has 0 aliphatic carbocycles. The predicted octanol–water partition coefficient (Wildman–Crippen LogP) is 3.64. The summed E-state index contributed by atoms with van der Waals surface area (Å²) in [5, 5.41) is 12.0. The summed E-state index contributed by atoms with van der Waals surface area (Å²) in [5.74, 6) is -1.96. The van der Waals surface area contributed by atoms with E-state index in [2.05, 4.69) is 10.1 Å². The number of amides is 2. The zero-order chi connectivity index (χ0) is 17.9. The fourth-order valence-corrected chi connectivity index (χ4v) is 2.15. The lowest BCUT2D eigenvalue weighted by atomic mass is 10.1. The molecule has 24 heavy (non-hydrogen) atoms. The summed E-state index contributed by atoms with van der Waals surface area (Å²) < 4.78 is 17.9. The van der Waals surface area contributed by atoms with Gasteiger partial charge in [0.05, 0.1) is 17.7 Å². The van der Waals surface area contributed by atoms with E-state index < -0.39 is 23.6 Å². The number of hydrogen-bond donors (Lipinski definition) is 2. The Morgan fingerprint density at radius 1 is 1.25 bits per heavy atom. The highest BCUT2D eigenvalue weighted by molar-refractivity contribution is 6.32. The third-order valence-corrected chi connectivity index (χ3v) is 3.52. The van der Waals surface area contributed by atoms with Crippen LogP contribution < -0.4 is 10.2 Å². The van der Waals surface area contributed by atoms with E-state index in [9.17, 15) is 19.1 Å². The van der Waals surface area contributed by atoms with E-state index in [1.165, 1.54) is 19.1 Å². The van der Waals surface area contributed by atoms with E-state index in [0.717, 1.165) is 12.1 Å². The average Bonchev–Trinajstić information content (AvgIpc) is 2.57. The van der Waals surface area contributed by atoms with Gasteiger partial charge in [0.1, 0.15) is 11.6 Å². The first-order chi connectivity index (χ1) is 11.3. The van der Waals surface area contributed by atoms with Crippen LogP contribution in [0.1, 0.15) is 10.4 Å². The van der Waals surface area contributed by atoms with Gasteiger partial charge in [-0.05, 0) is 36.4 Å². The molecule has 0 spiro atoms. The minimum Gasteiger partial charge on any atom is -0.506 e. The Morgan fingerprint density at radius 3 is 2.46 bits per heavy atom. The van der Waals surface area contributed by atoms with Gasteiger partial charge in [0.25, 0.3) is 5.91 Å². The fraction of sp³-hybridized carbons (Fsp3) is 0.125. The highest BCUT2D eigenvalue weighted by atomic mass is 35.5. The molecule has 2 aromatic carbocycles. The van der Waals surface area contributed by atoms with Crippen molar-refractivity contribution in [1.29, 1.82) is 0 Å². The van der Waals surface area contributed by atoms with Crippen molar-refractivity contribution in [2.24, 2.45) is 0 Å². The SMILES string of the molecule is COC(=O)N(C)c1ccc(NC(=O)c2cc(F)cc(Cl)c2O)cc1. The Bertz CT molecular complexity index is 780. The van der Waals surface area contributed by atoms with Crippen molar-refractivity contribution in [1.82, 2.24) is 0 Å². The van der Waals surface area contributed by atoms with E-state index in [0.29, 0.717) is 11.4 Å². The number of ether oxygens (including phenoxy) is 1. The zero-order valence-electron chi connectivity index (χ0n) is 12.8. The van der Waals surface area contributed by atoms with Crippen LogP contribution >= 0.6 is 11.6 Å². The van der Waals surface area contributed by atoms with Gasteiger partial charge in [-0.2, -0.15) is 0 Å². The molecule has 0 unspecified atom stereocenters. The molecule has 0 aliphatic rings. The normalized spacial score (nSPS) is 10.2. The van der Waals surface area contributed by atoms with Gasteiger partial charge in [-0.3, -0.25) is 9.69 Å². The molecule has 6 nitrogen and oxygen atoms in total. The van der Waals surface area contributed by atoms with Crippen molar-refractivity contribution in [2.75, 3.05) is 24.4 Å². The van der Waals surface area contributed by atoms with E-state index >= 15 is 0 Å². The Hall–Kier alpha value is -2.80. The topological polar surface area (TPSA) is 78.9 Å². The number of rotatable bonds is 3. The number of carbonyl (C=O) groups is 2. The lowest BCUT2D eigenvalue weighted by molar-refractivity contribution is 0.102.